The second kappa shape index (κ2) is 8.74. The SMILES string of the molecule is CCC(NC(=O)N(CCOC)C(C)CC)C(=O)O. The van der Waals surface area contributed by atoms with Crippen molar-refractivity contribution in [1.29, 1.82) is 0 Å². The topological polar surface area (TPSA) is 78.9 Å². The molecule has 0 heterocycles. The van der Waals surface area contributed by atoms with E-state index in [1.807, 2.05) is 13.8 Å². The molecule has 0 aliphatic carbocycles. The Labute approximate surface area is 108 Å². The van der Waals surface area contributed by atoms with Crippen molar-refractivity contribution in [3.63, 3.8) is 0 Å². The number of nitrogens with zero attached hydrogens (tertiary/aromatic N) is 1. The zero-order chi connectivity index (χ0) is 14.1. The normalized spacial score (nSPS) is 13.8. The Hall–Kier alpha value is -1.30. The number of carbonyl (C=O) groups is 2. The Bertz CT molecular complexity index is 271. The fourth-order valence-electron chi connectivity index (χ4n) is 1.50. The second-order valence-corrected chi connectivity index (χ2v) is 4.19. The number of amides is 2. The molecule has 0 fully saturated rings. The predicted molar refractivity (Wildman–Crippen MR) is 68.6 cm³/mol. The quantitative estimate of drug-likeness (QED) is 0.689. The lowest BCUT2D eigenvalue weighted by atomic mass is 10.2. The number of urea groups is 1. The van der Waals surface area contributed by atoms with Gasteiger partial charge in [-0.1, -0.05) is 13.8 Å². The Kier molecular flexibility index (Phi) is 8.11. The minimum atomic E-state index is -1.01. The molecular formula is C12H24N2O4. The number of carboxylic acid groups (broad SMARTS) is 1. The molecule has 0 bridgehead atoms. The fraction of sp³-hybridized carbons (Fsp3) is 0.833. The van der Waals surface area contributed by atoms with E-state index < -0.39 is 12.0 Å². The Morgan fingerprint density at radius 2 is 1.94 bits per heavy atom. The second-order valence-electron chi connectivity index (χ2n) is 4.19. The molecule has 6 nitrogen and oxygen atoms in total. The van der Waals surface area contributed by atoms with Crippen molar-refractivity contribution in [1.82, 2.24) is 10.2 Å². The van der Waals surface area contributed by atoms with Crippen molar-refractivity contribution in [3.05, 3.63) is 0 Å². The highest BCUT2D eigenvalue weighted by molar-refractivity contribution is 5.82. The van der Waals surface area contributed by atoms with Crippen LogP contribution in [0.3, 0.4) is 0 Å². The molecule has 0 saturated carbocycles. The molecule has 0 aliphatic heterocycles. The third-order valence-electron chi connectivity index (χ3n) is 2.92. The lowest BCUT2D eigenvalue weighted by Gasteiger charge is -2.29. The standard InChI is InChI=1S/C12H24N2O4/c1-5-9(3)14(7-8-18-4)12(17)13-10(6-2)11(15)16/h9-10H,5-8H2,1-4H3,(H,13,17)(H,15,16). The number of rotatable bonds is 8. The largest absolute Gasteiger partial charge is 0.480 e. The van der Waals surface area contributed by atoms with Gasteiger partial charge in [-0.05, 0) is 19.8 Å². The maximum atomic E-state index is 12.0. The summed E-state index contributed by atoms with van der Waals surface area (Å²) in [4.78, 5) is 24.5. The van der Waals surface area contributed by atoms with E-state index in [2.05, 4.69) is 5.32 Å². The van der Waals surface area contributed by atoms with Gasteiger partial charge >= 0.3 is 12.0 Å². The summed E-state index contributed by atoms with van der Waals surface area (Å²) in [6.07, 6.45) is 1.17. The van der Waals surface area contributed by atoms with Gasteiger partial charge in [-0.25, -0.2) is 9.59 Å². The molecule has 18 heavy (non-hydrogen) atoms. The summed E-state index contributed by atoms with van der Waals surface area (Å²) in [6.45, 7) is 6.51. The van der Waals surface area contributed by atoms with Crippen LogP contribution in [0.4, 0.5) is 4.79 Å². The number of methoxy groups -OCH3 is 1. The molecular weight excluding hydrogens is 236 g/mol. The fourth-order valence-corrected chi connectivity index (χ4v) is 1.50. The number of hydrogen-bond acceptors (Lipinski definition) is 3. The van der Waals surface area contributed by atoms with E-state index in [-0.39, 0.29) is 12.1 Å². The highest BCUT2D eigenvalue weighted by atomic mass is 16.5. The first-order valence-electron chi connectivity index (χ1n) is 6.26. The average molecular weight is 260 g/mol. The lowest BCUT2D eigenvalue weighted by molar-refractivity contribution is -0.139. The summed E-state index contributed by atoms with van der Waals surface area (Å²) >= 11 is 0. The van der Waals surface area contributed by atoms with Gasteiger partial charge in [-0.2, -0.15) is 0 Å². The molecule has 0 saturated heterocycles. The first-order chi connectivity index (χ1) is 8.47. The number of aliphatic carboxylic acids is 1. The van der Waals surface area contributed by atoms with Crippen molar-refractivity contribution in [2.45, 2.75) is 45.7 Å². The van der Waals surface area contributed by atoms with E-state index in [0.717, 1.165) is 6.42 Å². The summed E-state index contributed by atoms with van der Waals surface area (Å²) < 4.78 is 4.96. The number of ether oxygens (including phenoxy) is 1. The molecule has 0 aromatic rings. The molecule has 0 radical (unpaired) electrons. The van der Waals surface area contributed by atoms with Crippen molar-refractivity contribution < 1.29 is 19.4 Å². The van der Waals surface area contributed by atoms with Crippen LogP contribution in [0.5, 0.6) is 0 Å². The predicted octanol–water partition coefficient (Wildman–Crippen LogP) is 1.31. The van der Waals surface area contributed by atoms with Gasteiger partial charge in [0.05, 0.1) is 6.61 Å². The van der Waals surface area contributed by atoms with Crippen LogP contribution in [0.1, 0.15) is 33.6 Å². The summed E-state index contributed by atoms with van der Waals surface area (Å²) in [5.41, 5.74) is 0. The van der Waals surface area contributed by atoms with Crippen LogP contribution in [0.2, 0.25) is 0 Å². The minimum absolute atomic E-state index is 0.0476. The van der Waals surface area contributed by atoms with Gasteiger partial charge in [0.25, 0.3) is 0 Å². The Balaban J connectivity index is 4.58. The molecule has 2 N–H and O–H groups in total. The molecule has 0 aliphatic rings. The van der Waals surface area contributed by atoms with Gasteiger partial charge in [0.1, 0.15) is 6.04 Å². The third kappa shape index (κ3) is 5.35. The number of carboxylic acids is 1. The van der Waals surface area contributed by atoms with Gasteiger partial charge in [0.15, 0.2) is 0 Å². The van der Waals surface area contributed by atoms with E-state index in [1.165, 1.54) is 0 Å². The van der Waals surface area contributed by atoms with Crippen molar-refractivity contribution in [3.8, 4) is 0 Å². The van der Waals surface area contributed by atoms with Crippen molar-refractivity contribution in [2.24, 2.45) is 0 Å². The monoisotopic (exact) mass is 260 g/mol. The number of nitrogens with one attached hydrogen (secondary N) is 1. The van der Waals surface area contributed by atoms with Crippen LogP contribution in [0.15, 0.2) is 0 Å². The molecule has 2 amide bonds. The molecule has 0 aromatic carbocycles. The maximum Gasteiger partial charge on any atom is 0.326 e. The highest BCUT2D eigenvalue weighted by Crippen LogP contribution is 2.05. The van der Waals surface area contributed by atoms with Gasteiger partial charge in [-0.15, -0.1) is 0 Å². The molecule has 0 aromatic heterocycles. The van der Waals surface area contributed by atoms with Gasteiger partial charge in [0.2, 0.25) is 0 Å². The number of hydrogen-bond donors (Lipinski definition) is 2. The number of carbonyl (C=O) groups excluding carboxylic acids is 1. The maximum absolute atomic E-state index is 12.0. The lowest BCUT2D eigenvalue weighted by Crippen LogP contribution is -2.51. The summed E-state index contributed by atoms with van der Waals surface area (Å²) in [5, 5.41) is 11.4. The molecule has 0 rings (SSSR count). The van der Waals surface area contributed by atoms with Crippen LogP contribution in [-0.4, -0.2) is 54.4 Å². The van der Waals surface area contributed by atoms with E-state index >= 15 is 0 Å². The molecule has 2 unspecified atom stereocenters. The van der Waals surface area contributed by atoms with Crippen LogP contribution >= 0.6 is 0 Å². The van der Waals surface area contributed by atoms with Crippen LogP contribution in [0, 0.1) is 0 Å². The first kappa shape index (κ1) is 16.7. The smallest absolute Gasteiger partial charge is 0.326 e. The van der Waals surface area contributed by atoms with Crippen LogP contribution in [-0.2, 0) is 9.53 Å². The summed E-state index contributed by atoms with van der Waals surface area (Å²) in [7, 11) is 1.57. The zero-order valence-corrected chi connectivity index (χ0v) is 11.6. The molecule has 6 heteroatoms. The Morgan fingerprint density at radius 3 is 2.33 bits per heavy atom. The zero-order valence-electron chi connectivity index (χ0n) is 11.6. The Morgan fingerprint density at radius 1 is 1.33 bits per heavy atom. The van der Waals surface area contributed by atoms with Gasteiger partial charge in [0, 0.05) is 19.7 Å². The van der Waals surface area contributed by atoms with Gasteiger partial charge in [-0.3, -0.25) is 0 Å². The molecule has 0 spiro atoms. The van der Waals surface area contributed by atoms with E-state index in [1.54, 1.807) is 18.9 Å². The molecule has 2 atom stereocenters. The first-order valence-corrected chi connectivity index (χ1v) is 6.26. The van der Waals surface area contributed by atoms with Crippen LogP contribution in [0.25, 0.3) is 0 Å². The van der Waals surface area contributed by atoms with Crippen molar-refractivity contribution >= 4 is 12.0 Å². The third-order valence-corrected chi connectivity index (χ3v) is 2.92. The minimum Gasteiger partial charge on any atom is -0.480 e. The average Bonchev–Trinajstić information content (AvgIpc) is 2.35. The van der Waals surface area contributed by atoms with E-state index in [9.17, 15) is 9.59 Å². The van der Waals surface area contributed by atoms with Crippen LogP contribution < -0.4 is 5.32 Å². The van der Waals surface area contributed by atoms with E-state index in [0.29, 0.717) is 19.6 Å². The van der Waals surface area contributed by atoms with E-state index in [4.69, 9.17) is 9.84 Å². The summed E-state index contributed by atoms with van der Waals surface area (Å²) in [5.74, 6) is -1.01. The van der Waals surface area contributed by atoms with Crippen molar-refractivity contribution in [2.75, 3.05) is 20.3 Å². The summed E-state index contributed by atoms with van der Waals surface area (Å²) in [6, 6.07) is -1.14. The molecule has 106 valence electrons. The highest BCUT2D eigenvalue weighted by Gasteiger charge is 2.23. The van der Waals surface area contributed by atoms with Gasteiger partial charge < -0.3 is 20.1 Å².